The molecule has 8 rings (SSSR count). The van der Waals surface area contributed by atoms with E-state index in [4.69, 9.17) is 15.0 Å². The number of hydrogen-bond acceptors (Lipinski definition) is 3. The van der Waals surface area contributed by atoms with Crippen LogP contribution in [0.2, 0.25) is 0 Å². The molecule has 8 aromatic rings. The summed E-state index contributed by atoms with van der Waals surface area (Å²) in [5, 5.41) is 4.74. The van der Waals surface area contributed by atoms with E-state index in [1.165, 1.54) is 27.1 Å². The van der Waals surface area contributed by atoms with Gasteiger partial charge >= 0.3 is 0 Å². The van der Waals surface area contributed by atoms with E-state index in [0.29, 0.717) is 17.6 Å². The summed E-state index contributed by atoms with van der Waals surface area (Å²) in [5.41, 5.74) is 6.36. The van der Waals surface area contributed by atoms with Crippen LogP contribution in [0.15, 0.2) is 146 Å². The molecule has 0 spiro atoms. The Labute approximate surface area is 237 Å². The van der Waals surface area contributed by atoms with Crippen LogP contribution in [0, 0.1) is 0 Å². The molecule has 41 heavy (non-hydrogen) atoms. The van der Waals surface area contributed by atoms with Crippen LogP contribution in [0.1, 0.15) is 0 Å². The van der Waals surface area contributed by atoms with E-state index in [2.05, 4.69) is 114 Å². The number of fused-ring (bicyclic) bond motifs is 4. The molecule has 0 N–H and O–H groups in total. The van der Waals surface area contributed by atoms with Gasteiger partial charge in [-0.05, 0) is 40.1 Å². The number of rotatable bonds is 4. The Bertz CT molecular complexity index is 2180. The minimum absolute atomic E-state index is 0.600. The minimum Gasteiger partial charge on any atom is -0.278 e. The lowest BCUT2D eigenvalue weighted by atomic mass is 10.0. The van der Waals surface area contributed by atoms with Gasteiger partial charge in [0.1, 0.15) is 0 Å². The summed E-state index contributed by atoms with van der Waals surface area (Å²) >= 11 is 0. The van der Waals surface area contributed by atoms with Crippen LogP contribution < -0.4 is 0 Å². The van der Waals surface area contributed by atoms with Crippen molar-refractivity contribution in [3.63, 3.8) is 0 Å². The average Bonchev–Trinajstić information content (AvgIpc) is 3.37. The van der Waals surface area contributed by atoms with Crippen LogP contribution in [-0.4, -0.2) is 19.5 Å². The Morgan fingerprint density at radius 1 is 0.366 bits per heavy atom. The zero-order valence-electron chi connectivity index (χ0n) is 22.1. The summed E-state index contributed by atoms with van der Waals surface area (Å²) in [6.45, 7) is 0. The quantitative estimate of drug-likeness (QED) is 0.231. The van der Waals surface area contributed by atoms with Gasteiger partial charge in [-0.3, -0.25) is 4.57 Å². The molecule has 4 nitrogen and oxygen atoms in total. The zero-order valence-corrected chi connectivity index (χ0v) is 22.1. The SMILES string of the molecule is c1ccc(-c2ccc(-c3nc(-c4ccccc4)nc(-n4c5ccccc5c5cc6ccccc6cc54)n3)cc2)cc1. The predicted octanol–water partition coefficient (Wildman–Crippen LogP) is 9.12. The molecular weight excluding hydrogens is 500 g/mol. The van der Waals surface area contributed by atoms with Crippen molar-refractivity contribution in [1.29, 1.82) is 0 Å². The summed E-state index contributed by atoms with van der Waals surface area (Å²) in [7, 11) is 0. The van der Waals surface area contributed by atoms with Crippen LogP contribution in [0.4, 0.5) is 0 Å². The molecule has 0 bridgehead atoms. The van der Waals surface area contributed by atoms with Gasteiger partial charge in [0.05, 0.1) is 11.0 Å². The van der Waals surface area contributed by atoms with Gasteiger partial charge in [0.25, 0.3) is 0 Å². The van der Waals surface area contributed by atoms with E-state index in [0.717, 1.165) is 27.7 Å². The second-order valence-corrected chi connectivity index (χ2v) is 10.2. The monoisotopic (exact) mass is 524 g/mol. The molecule has 0 fully saturated rings. The summed E-state index contributed by atoms with van der Waals surface area (Å²) in [6, 6.07) is 50.4. The molecule has 0 radical (unpaired) electrons. The first-order chi connectivity index (χ1) is 20.3. The molecule has 0 aliphatic rings. The number of nitrogens with zero attached hydrogens (tertiary/aromatic N) is 4. The van der Waals surface area contributed by atoms with Crippen LogP contribution in [-0.2, 0) is 0 Å². The maximum absolute atomic E-state index is 5.10. The van der Waals surface area contributed by atoms with Gasteiger partial charge in [-0.1, -0.05) is 127 Å². The molecule has 0 atom stereocenters. The fourth-order valence-corrected chi connectivity index (χ4v) is 5.62. The van der Waals surface area contributed by atoms with E-state index in [1.807, 2.05) is 36.4 Å². The third-order valence-electron chi connectivity index (χ3n) is 7.65. The van der Waals surface area contributed by atoms with E-state index >= 15 is 0 Å². The third-order valence-corrected chi connectivity index (χ3v) is 7.65. The van der Waals surface area contributed by atoms with Gasteiger partial charge in [-0.15, -0.1) is 0 Å². The average molecular weight is 525 g/mol. The Hall–Kier alpha value is -5.61. The summed E-state index contributed by atoms with van der Waals surface area (Å²) < 4.78 is 2.17. The fourth-order valence-electron chi connectivity index (χ4n) is 5.62. The predicted molar refractivity (Wildman–Crippen MR) is 168 cm³/mol. The number of para-hydroxylation sites is 1. The zero-order chi connectivity index (χ0) is 27.2. The second kappa shape index (κ2) is 9.54. The first-order valence-corrected chi connectivity index (χ1v) is 13.7. The molecular formula is C37H24N4. The first kappa shape index (κ1) is 23.3. The van der Waals surface area contributed by atoms with Crippen molar-refractivity contribution < 1.29 is 0 Å². The Balaban J connectivity index is 1.38. The topological polar surface area (TPSA) is 43.6 Å². The highest BCUT2D eigenvalue weighted by Gasteiger charge is 2.18. The van der Waals surface area contributed by atoms with Crippen molar-refractivity contribution >= 4 is 32.6 Å². The standard InChI is InChI=1S/C37H24N4/c1-3-11-25(12-4-1)26-19-21-28(22-20-26)36-38-35(27-13-5-2-6-14-27)39-37(40-36)41-33-18-10-9-17-31(33)32-23-29-15-7-8-16-30(29)24-34(32)41/h1-24H. The van der Waals surface area contributed by atoms with Crippen LogP contribution >= 0.6 is 0 Å². The van der Waals surface area contributed by atoms with Crippen molar-refractivity contribution in [2.45, 2.75) is 0 Å². The lowest BCUT2D eigenvalue weighted by Gasteiger charge is -2.11. The van der Waals surface area contributed by atoms with Crippen molar-refractivity contribution in [3.8, 4) is 39.9 Å². The highest BCUT2D eigenvalue weighted by atomic mass is 15.2. The summed E-state index contributed by atoms with van der Waals surface area (Å²) in [5.74, 6) is 1.88. The molecule has 192 valence electrons. The maximum Gasteiger partial charge on any atom is 0.238 e. The molecule has 0 saturated heterocycles. The number of aromatic nitrogens is 4. The summed E-state index contributed by atoms with van der Waals surface area (Å²) in [4.78, 5) is 15.1. The van der Waals surface area contributed by atoms with E-state index in [-0.39, 0.29) is 0 Å². The van der Waals surface area contributed by atoms with E-state index < -0.39 is 0 Å². The highest BCUT2D eigenvalue weighted by molar-refractivity contribution is 6.13. The molecule has 0 saturated carbocycles. The third kappa shape index (κ3) is 4.05. The second-order valence-electron chi connectivity index (χ2n) is 10.2. The smallest absolute Gasteiger partial charge is 0.238 e. The van der Waals surface area contributed by atoms with Gasteiger partial charge in [0.2, 0.25) is 5.95 Å². The van der Waals surface area contributed by atoms with Crippen LogP contribution in [0.5, 0.6) is 0 Å². The van der Waals surface area contributed by atoms with Gasteiger partial charge in [0.15, 0.2) is 11.6 Å². The number of hydrogen-bond donors (Lipinski definition) is 0. The van der Waals surface area contributed by atoms with Crippen molar-refractivity contribution in [2.75, 3.05) is 0 Å². The molecule has 0 unspecified atom stereocenters. The van der Waals surface area contributed by atoms with Gasteiger partial charge in [-0.25, -0.2) is 4.98 Å². The molecule has 2 aromatic heterocycles. The number of benzene rings is 6. The van der Waals surface area contributed by atoms with Gasteiger partial charge in [-0.2, -0.15) is 9.97 Å². The molecule has 2 heterocycles. The minimum atomic E-state index is 0.600. The lowest BCUT2D eigenvalue weighted by molar-refractivity contribution is 0.954. The largest absolute Gasteiger partial charge is 0.278 e. The van der Waals surface area contributed by atoms with Crippen molar-refractivity contribution in [3.05, 3.63) is 146 Å². The Morgan fingerprint density at radius 2 is 0.878 bits per heavy atom. The van der Waals surface area contributed by atoms with Crippen molar-refractivity contribution in [2.24, 2.45) is 0 Å². The van der Waals surface area contributed by atoms with Crippen molar-refractivity contribution in [1.82, 2.24) is 19.5 Å². The molecule has 4 heteroatoms. The Kier molecular flexibility index (Phi) is 5.42. The van der Waals surface area contributed by atoms with Gasteiger partial charge in [0, 0.05) is 21.9 Å². The van der Waals surface area contributed by atoms with E-state index in [1.54, 1.807) is 0 Å². The molecule has 0 aliphatic heterocycles. The highest BCUT2D eigenvalue weighted by Crippen LogP contribution is 2.35. The summed E-state index contributed by atoms with van der Waals surface area (Å²) in [6.07, 6.45) is 0. The lowest BCUT2D eigenvalue weighted by Crippen LogP contribution is -2.06. The molecule has 0 aliphatic carbocycles. The van der Waals surface area contributed by atoms with Crippen LogP contribution in [0.25, 0.3) is 72.4 Å². The van der Waals surface area contributed by atoms with E-state index in [9.17, 15) is 0 Å². The molecule has 0 amide bonds. The van der Waals surface area contributed by atoms with Gasteiger partial charge < -0.3 is 0 Å². The fraction of sp³-hybridized carbons (Fsp3) is 0. The molecule has 6 aromatic carbocycles. The first-order valence-electron chi connectivity index (χ1n) is 13.7. The maximum atomic E-state index is 5.10. The van der Waals surface area contributed by atoms with Crippen LogP contribution in [0.3, 0.4) is 0 Å². The Morgan fingerprint density at radius 3 is 1.59 bits per heavy atom. The normalized spacial score (nSPS) is 11.4.